The van der Waals surface area contributed by atoms with Crippen LogP contribution in [0.5, 0.6) is 5.75 Å². The van der Waals surface area contributed by atoms with E-state index in [1.165, 1.54) is 0 Å². The highest BCUT2D eigenvalue weighted by atomic mass is 35.5. The van der Waals surface area contributed by atoms with Crippen molar-refractivity contribution >= 4 is 28.5 Å². The predicted octanol–water partition coefficient (Wildman–Crippen LogP) is 5.17. The van der Waals surface area contributed by atoms with Gasteiger partial charge in [0.2, 0.25) is 0 Å². The third-order valence-electron chi connectivity index (χ3n) is 4.03. The average molecular weight is 358 g/mol. The summed E-state index contributed by atoms with van der Waals surface area (Å²) in [7, 11) is 0. The minimum atomic E-state index is -0.334. The highest BCUT2D eigenvalue weighted by Gasteiger charge is 2.22. The standard InChI is InChI=1S/C20H20ClNO3/c1-4-24-16-9-10-18-17(12-16)19(20(23)25-5-2)13(3)22(18)15-8-6-7-14(21)11-15/h6-12H,4-5H2,1-3H3. The number of fused-ring (bicyclic) bond motifs is 1. The summed E-state index contributed by atoms with van der Waals surface area (Å²) in [5.74, 6) is 0.392. The molecule has 0 saturated heterocycles. The average Bonchev–Trinajstić information content (AvgIpc) is 2.86. The van der Waals surface area contributed by atoms with Gasteiger partial charge in [0.15, 0.2) is 0 Å². The van der Waals surface area contributed by atoms with Gasteiger partial charge in [-0.1, -0.05) is 17.7 Å². The van der Waals surface area contributed by atoms with Crippen LogP contribution in [0.25, 0.3) is 16.6 Å². The van der Waals surface area contributed by atoms with Crippen LogP contribution in [0.2, 0.25) is 5.02 Å². The van der Waals surface area contributed by atoms with Crippen LogP contribution in [-0.2, 0) is 4.74 Å². The number of hydrogen-bond acceptors (Lipinski definition) is 3. The summed E-state index contributed by atoms with van der Waals surface area (Å²) in [6, 6.07) is 13.3. The van der Waals surface area contributed by atoms with Crippen LogP contribution < -0.4 is 4.74 Å². The lowest BCUT2D eigenvalue weighted by atomic mass is 10.1. The molecule has 0 atom stereocenters. The lowest BCUT2D eigenvalue weighted by Crippen LogP contribution is -2.07. The first-order chi connectivity index (χ1) is 12.1. The molecule has 0 unspecified atom stereocenters. The maximum atomic E-state index is 12.6. The van der Waals surface area contributed by atoms with Gasteiger partial charge < -0.3 is 14.0 Å². The zero-order chi connectivity index (χ0) is 18.0. The Morgan fingerprint density at radius 3 is 2.60 bits per heavy atom. The molecule has 2 aromatic carbocycles. The molecule has 0 fully saturated rings. The van der Waals surface area contributed by atoms with E-state index < -0.39 is 0 Å². The second-order valence-electron chi connectivity index (χ2n) is 5.61. The maximum absolute atomic E-state index is 12.6. The van der Waals surface area contributed by atoms with Crippen molar-refractivity contribution < 1.29 is 14.3 Å². The summed E-state index contributed by atoms with van der Waals surface area (Å²) >= 11 is 6.16. The highest BCUT2D eigenvalue weighted by molar-refractivity contribution is 6.30. The molecule has 0 amide bonds. The Hall–Kier alpha value is -2.46. The van der Waals surface area contributed by atoms with Crippen molar-refractivity contribution in [2.24, 2.45) is 0 Å². The van der Waals surface area contributed by atoms with E-state index in [0.717, 1.165) is 28.0 Å². The van der Waals surface area contributed by atoms with Crippen LogP contribution in [-0.4, -0.2) is 23.8 Å². The van der Waals surface area contributed by atoms with Gasteiger partial charge >= 0.3 is 5.97 Å². The van der Waals surface area contributed by atoms with Crippen molar-refractivity contribution in [3.8, 4) is 11.4 Å². The van der Waals surface area contributed by atoms with E-state index in [4.69, 9.17) is 21.1 Å². The lowest BCUT2D eigenvalue weighted by molar-refractivity contribution is 0.0527. The molecule has 0 aliphatic rings. The molecular weight excluding hydrogens is 338 g/mol. The number of benzene rings is 2. The van der Waals surface area contributed by atoms with E-state index in [0.29, 0.717) is 23.8 Å². The monoisotopic (exact) mass is 357 g/mol. The number of esters is 1. The normalized spacial score (nSPS) is 10.9. The number of hydrogen-bond donors (Lipinski definition) is 0. The minimum Gasteiger partial charge on any atom is -0.494 e. The number of ether oxygens (including phenoxy) is 2. The quantitative estimate of drug-likeness (QED) is 0.591. The SMILES string of the molecule is CCOC(=O)c1c(C)n(-c2cccc(Cl)c2)c2ccc(OCC)cc12. The minimum absolute atomic E-state index is 0.327. The maximum Gasteiger partial charge on any atom is 0.340 e. The fraction of sp³-hybridized carbons (Fsp3) is 0.250. The summed E-state index contributed by atoms with van der Waals surface area (Å²) < 4.78 is 12.9. The van der Waals surface area contributed by atoms with Gasteiger partial charge in [0.25, 0.3) is 0 Å². The van der Waals surface area contributed by atoms with E-state index in [1.54, 1.807) is 6.92 Å². The number of nitrogens with zero attached hydrogens (tertiary/aromatic N) is 1. The molecule has 0 N–H and O–H groups in total. The Balaban J connectivity index is 2.30. The predicted molar refractivity (Wildman–Crippen MR) is 100 cm³/mol. The Kier molecular flexibility index (Phi) is 5.00. The van der Waals surface area contributed by atoms with Gasteiger partial charge in [0.05, 0.1) is 24.3 Å². The first-order valence-corrected chi connectivity index (χ1v) is 8.65. The Morgan fingerprint density at radius 2 is 1.92 bits per heavy atom. The summed E-state index contributed by atoms with van der Waals surface area (Å²) in [6.07, 6.45) is 0. The van der Waals surface area contributed by atoms with Gasteiger partial charge in [-0.05, 0) is 57.2 Å². The summed E-state index contributed by atoms with van der Waals surface area (Å²) in [6.45, 7) is 6.53. The molecule has 0 aliphatic carbocycles. The third kappa shape index (κ3) is 3.22. The van der Waals surface area contributed by atoms with Gasteiger partial charge in [0, 0.05) is 21.8 Å². The molecule has 0 bridgehead atoms. The zero-order valence-corrected chi connectivity index (χ0v) is 15.3. The summed E-state index contributed by atoms with van der Waals surface area (Å²) in [5, 5.41) is 1.45. The van der Waals surface area contributed by atoms with Crippen LogP contribution in [0.1, 0.15) is 29.9 Å². The Labute approximate surface area is 151 Å². The summed E-state index contributed by atoms with van der Waals surface area (Å²) in [4.78, 5) is 12.6. The fourth-order valence-corrected chi connectivity index (χ4v) is 3.25. The van der Waals surface area contributed by atoms with Gasteiger partial charge in [-0.2, -0.15) is 0 Å². The van der Waals surface area contributed by atoms with E-state index in [1.807, 2.05) is 60.9 Å². The van der Waals surface area contributed by atoms with Crippen molar-refractivity contribution in [1.29, 1.82) is 0 Å². The van der Waals surface area contributed by atoms with Gasteiger partial charge in [-0.25, -0.2) is 4.79 Å². The topological polar surface area (TPSA) is 40.5 Å². The molecule has 4 nitrogen and oxygen atoms in total. The van der Waals surface area contributed by atoms with Crippen LogP contribution in [0.4, 0.5) is 0 Å². The van der Waals surface area contributed by atoms with Crippen molar-refractivity contribution in [3.05, 3.63) is 58.7 Å². The molecule has 5 heteroatoms. The first kappa shape index (κ1) is 17.4. The van der Waals surface area contributed by atoms with Crippen molar-refractivity contribution in [1.82, 2.24) is 4.57 Å². The number of rotatable bonds is 5. The molecule has 130 valence electrons. The smallest absolute Gasteiger partial charge is 0.340 e. The van der Waals surface area contributed by atoms with E-state index >= 15 is 0 Å². The fourth-order valence-electron chi connectivity index (χ4n) is 3.06. The Bertz CT molecular complexity index is 930. The van der Waals surface area contributed by atoms with Crippen LogP contribution in [0.3, 0.4) is 0 Å². The number of aromatic nitrogens is 1. The van der Waals surface area contributed by atoms with Gasteiger partial charge in [-0.3, -0.25) is 0 Å². The second-order valence-corrected chi connectivity index (χ2v) is 6.04. The molecule has 0 aliphatic heterocycles. The molecular formula is C20H20ClNO3. The summed E-state index contributed by atoms with van der Waals surface area (Å²) in [5.41, 5.74) is 3.17. The van der Waals surface area contributed by atoms with Crippen LogP contribution in [0.15, 0.2) is 42.5 Å². The van der Waals surface area contributed by atoms with Crippen molar-refractivity contribution in [2.45, 2.75) is 20.8 Å². The van der Waals surface area contributed by atoms with E-state index in [-0.39, 0.29) is 5.97 Å². The number of carbonyl (C=O) groups is 1. The molecule has 0 spiro atoms. The van der Waals surface area contributed by atoms with Gasteiger partial charge in [0.1, 0.15) is 5.75 Å². The van der Waals surface area contributed by atoms with E-state index in [9.17, 15) is 4.79 Å². The molecule has 3 aromatic rings. The van der Waals surface area contributed by atoms with E-state index in [2.05, 4.69) is 0 Å². The molecule has 3 rings (SSSR count). The second kappa shape index (κ2) is 7.19. The van der Waals surface area contributed by atoms with Gasteiger partial charge in [-0.15, -0.1) is 0 Å². The zero-order valence-electron chi connectivity index (χ0n) is 14.5. The molecule has 0 saturated carbocycles. The van der Waals surface area contributed by atoms with Crippen LogP contribution >= 0.6 is 11.6 Å². The first-order valence-electron chi connectivity index (χ1n) is 8.27. The van der Waals surface area contributed by atoms with Crippen molar-refractivity contribution in [3.63, 3.8) is 0 Å². The molecule has 0 radical (unpaired) electrons. The number of carbonyl (C=O) groups excluding carboxylic acids is 1. The largest absolute Gasteiger partial charge is 0.494 e. The van der Waals surface area contributed by atoms with Crippen LogP contribution in [0, 0.1) is 6.92 Å². The molecule has 25 heavy (non-hydrogen) atoms. The third-order valence-corrected chi connectivity index (χ3v) is 4.27. The molecule has 1 heterocycles. The highest BCUT2D eigenvalue weighted by Crippen LogP contribution is 2.33. The lowest BCUT2D eigenvalue weighted by Gasteiger charge is -2.09. The van der Waals surface area contributed by atoms with Crippen molar-refractivity contribution in [2.75, 3.05) is 13.2 Å². The number of halogens is 1. The Morgan fingerprint density at radius 1 is 1.12 bits per heavy atom. The molecule has 1 aromatic heterocycles.